The number of hydrogen-bond acceptors (Lipinski definition) is 3. The largest absolute Gasteiger partial charge is 0.376 e. The van der Waals surface area contributed by atoms with Crippen LogP contribution in [0.2, 0.25) is 0 Å². The molecule has 0 aliphatic carbocycles. The van der Waals surface area contributed by atoms with E-state index in [4.69, 9.17) is 4.98 Å². The molecule has 0 radical (unpaired) electrons. The molecular formula is C15H14N2S. The average molecular weight is 254 g/mol. The maximum atomic E-state index is 4.78. The molecule has 0 aliphatic heterocycles. The van der Waals surface area contributed by atoms with Crippen LogP contribution >= 0.6 is 11.3 Å². The highest BCUT2D eigenvalue weighted by atomic mass is 32.1. The van der Waals surface area contributed by atoms with E-state index in [1.165, 1.54) is 16.0 Å². The zero-order chi connectivity index (χ0) is 12.5. The standard InChI is InChI=1S/C15H14N2S/c1-17(2)12-9-6-10-13-14(12)16-15(18-13)11-7-4-3-5-8-11/h3-10H,1-2H3. The lowest BCUT2D eigenvalue weighted by Gasteiger charge is -2.12. The van der Waals surface area contributed by atoms with E-state index in [1.54, 1.807) is 11.3 Å². The fourth-order valence-corrected chi connectivity index (χ4v) is 2.99. The number of hydrogen-bond donors (Lipinski definition) is 0. The second-order valence-corrected chi connectivity index (χ2v) is 5.43. The molecule has 90 valence electrons. The Hall–Kier alpha value is -1.87. The van der Waals surface area contributed by atoms with E-state index >= 15 is 0 Å². The van der Waals surface area contributed by atoms with Crippen molar-refractivity contribution in [1.29, 1.82) is 0 Å². The van der Waals surface area contributed by atoms with E-state index in [0.717, 1.165) is 10.5 Å². The number of rotatable bonds is 2. The predicted octanol–water partition coefficient (Wildman–Crippen LogP) is 4.03. The molecule has 3 heteroatoms. The Morgan fingerprint density at radius 3 is 2.44 bits per heavy atom. The Balaban J connectivity index is 2.20. The molecule has 0 unspecified atom stereocenters. The highest BCUT2D eigenvalue weighted by Gasteiger charge is 2.10. The van der Waals surface area contributed by atoms with Crippen LogP contribution in [0.4, 0.5) is 5.69 Å². The number of para-hydroxylation sites is 1. The Bertz CT molecular complexity index is 671. The van der Waals surface area contributed by atoms with Crippen molar-refractivity contribution < 1.29 is 0 Å². The monoisotopic (exact) mass is 254 g/mol. The third kappa shape index (κ3) is 1.87. The summed E-state index contributed by atoms with van der Waals surface area (Å²) in [4.78, 5) is 6.89. The van der Waals surface area contributed by atoms with Gasteiger partial charge in [-0.15, -0.1) is 11.3 Å². The van der Waals surface area contributed by atoms with Gasteiger partial charge >= 0.3 is 0 Å². The van der Waals surface area contributed by atoms with E-state index in [0.29, 0.717) is 0 Å². The zero-order valence-corrected chi connectivity index (χ0v) is 11.2. The van der Waals surface area contributed by atoms with Gasteiger partial charge in [-0.3, -0.25) is 0 Å². The molecule has 0 amide bonds. The van der Waals surface area contributed by atoms with Gasteiger partial charge in [-0.2, -0.15) is 0 Å². The minimum Gasteiger partial charge on any atom is -0.376 e. The first-order valence-electron chi connectivity index (χ1n) is 5.88. The average Bonchev–Trinajstić information content (AvgIpc) is 2.83. The van der Waals surface area contributed by atoms with Crippen LogP contribution in [-0.2, 0) is 0 Å². The number of thiazole rings is 1. The third-order valence-electron chi connectivity index (χ3n) is 2.90. The first-order chi connectivity index (χ1) is 8.75. The summed E-state index contributed by atoms with van der Waals surface area (Å²) in [6, 6.07) is 16.7. The summed E-state index contributed by atoms with van der Waals surface area (Å²) in [5, 5.41) is 1.08. The first-order valence-corrected chi connectivity index (χ1v) is 6.69. The van der Waals surface area contributed by atoms with Gasteiger partial charge in [0, 0.05) is 19.7 Å². The maximum absolute atomic E-state index is 4.78. The van der Waals surface area contributed by atoms with Gasteiger partial charge in [0.25, 0.3) is 0 Å². The van der Waals surface area contributed by atoms with Crippen LogP contribution in [0.1, 0.15) is 0 Å². The SMILES string of the molecule is CN(C)c1cccc2sc(-c3ccccc3)nc12. The smallest absolute Gasteiger partial charge is 0.124 e. The quantitative estimate of drug-likeness (QED) is 0.686. The minimum absolute atomic E-state index is 1.08. The van der Waals surface area contributed by atoms with Crippen LogP contribution in [0.5, 0.6) is 0 Å². The van der Waals surface area contributed by atoms with Crippen molar-refractivity contribution in [1.82, 2.24) is 4.98 Å². The second kappa shape index (κ2) is 4.42. The molecular weight excluding hydrogens is 240 g/mol. The molecule has 2 nitrogen and oxygen atoms in total. The van der Waals surface area contributed by atoms with Crippen LogP contribution < -0.4 is 4.90 Å². The summed E-state index contributed by atoms with van der Waals surface area (Å²) in [6.07, 6.45) is 0. The van der Waals surface area contributed by atoms with Crippen molar-refractivity contribution in [3.8, 4) is 10.6 Å². The molecule has 1 heterocycles. The van der Waals surface area contributed by atoms with E-state index in [9.17, 15) is 0 Å². The lowest BCUT2D eigenvalue weighted by atomic mass is 10.2. The van der Waals surface area contributed by atoms with Gasteiger partial charge in [0.15, 0.2) is 0 Å². The Morgan fingerprint density at radius 1 is 0.944 bits per heavy atom. The maximum Gasteiger partial charge on any atom is 0.124 e. The van der Waals surface area contributed by atoms with E-state index in [1.807, 2.05) is 18.2 Å². The summed E-state index contributed by atoms with van der Waals surface area (Å²) < 4.78 is 1.24. The topological polar surface area (TPSA) is 16.1 Å². The van der Waals surface area contributed by atoms with E-state index < -0.39 is 0 Å². The molecule has 0 aliphatic rings. The molecule has 0 N–H and O–H groups in total. The van der Waals surface area contributed by atoms with Crippen molar-refractivity contribution in [3.63, 3.8) is 0 Å². The first kappa shape index (κ1) is 11.2. The van der Waals surface area contributed by atoms with Gasteiger partial charge in [-0.1, -0.05) is 36.4 Å². The van der Waals surface area contributed by atoms with Crippen LogP contribution in [0.15, 0.2) is 48.5 Å². The summed E-state index contributed by atoms with van der Waals surface area (Å²) in [5.74, 6) is 0. The molecule has 0 spiro atoms. The Kier molecular flexibility index (Phi) is 2.76. The van der Waals surface area contributed by atoms with Crippen molar-refractivity contribution in [2.24, 2.45) is 0 Å². The normalized spacial score (nSPS) is 10.8. The summed E-state index contributed by atoms with van der Waals surface area (Å²) >= 11 is 1.74. The van der Waals surface area contributed by atoms with Crippen molar-refractivity contribution >= 4 is 27.2 Å². The fourth-order valence-electron chi connectivity index (χ4n) is 2.00. The minimum atomic E-state index is 1.08. The molecule has 0 saturated carbocycles. The number of fused-ring (bicyclic) bond motifs is 1. The summed E-state index contributed by atoms with van der Waals surface area (Å²) in [6.45, 7) is 0. The molecule has 2 aromatic carbocycles. The highest BCUT2D eigenvalue weighted by Crippen LogP contribution is 2.34. The lowest BCUT2D eigenvalue weighted by molar-refractivity contribution is 1.14. The predicted molar refractivity (Wildman–Crippen MR) is 79.4 cm³/mol. The Morgan fingerprint density at radius 2 is 1.72 bits per heavy atom. The van der Waals surface area contributed by atoms with Gasteiger partial charge < -0.3 is 4.90 Å². The van der Waals surface area contributed by atoms with Gasteiger partial charge in [0.05, 0.1) is 10.4 Å². The summed E-state index contributed by atoms with van der Waals surface area (Å²) in [7, 11) is 4.10. The number of aromatic nitrogens is 1. The van der Waals surface area contributed by atoms with Crippen molar-refractivity contribution in [2.75, 3.05) is 19.0 Å². The molecule has 0 fully saturated rings. The number of benzene rings is 2. The van der Waals surface area contributed by atoms with Crippen LogP contribution in [0.3, 0.4) is 0 Å². The van der Waals surface area contributed by atoms with Crippen LogP contribution in [-0.4, -0.2) is 19.1 Å². The number of anilines is 1. The van der Waals surface area contributed by atoms with Crippen molar-refractivity contribution in [2.45, 2.75) is 0 Å². The highest BCUT2D eigenvalue weighted by molar-refractivity contribution is 7.21. The molecule has 0 atom stereocenters. The van der Waals surface area contributed by atoms with Gasteiger partial charge in [-0.05, 0) is 12.1 Å². The lowest BCUT2D eigenvalue weighted by Crippen LogP contribution is -2.08. The third-order valence-corrected chi connectivity index (χ3v) is 3.97. The van der Waals surface area contributed by atoms with Gasteiger partial charge in [0.2, 0.25) is 0 Å². The molecule has 0 bridgehead atoms. The molecule has 1 aromatic heterocycles. The molecule has 18 heavy (non-hydrogen) atoms. The van der Waals surface area contributed by atoms with Crippen molar-refractivity contribution in [3.05, 3.63) is 48.5 Å². The second-order valence-electron chi connectivity index (χ2n) is 4.40. The fraction of sp³-hybridized carbons (Fsp3) is 0.133. The molecule has 3 rings (SSSR count). The van der Waals surface area contributed by atoms with Crippen LogP contribution in [0, 0.1) is 0 Å². The van der Waals surface area contributed by atoms with E-state index in [2.05, 4.69) is 49.3 Å². The summed E-state index contributed by atoms with van der Waals surface area (Å²) in [5.41, 5.74) is 3.45. The number of nitrogens with zero attached hydrogens (tertiary/aromatic N) is 2. The van der Waals surface area contributed by atoms with Gasteiger partial charge in [-0.25, -0.2) is 4.98 Å². The zero-order valence-electron chi connectivity index (χ0n) is 10.4. The van der Waals surface area contributed by atoms with Crippen LogP contribution in [0.25, 0.3) is 20.8 Å². The Labute approximate surface area is 111 Å². The molecule has 0 saturated heterocycles. The van der Waals surface area contributed by atoms with Gasteiger partial charge in [0.1, 0.15) is 10.5 Å². The van der Waals surface area contributed by atoms with E-state index in [-0.39, 0.29) is 0 Å². The molecule has 3 aromatic rings.